The van der Waals surface area contributed by atoms with E-state index in [2.05, 4.69) is 25.6 Å². The molecule has 3 aliphatic rings. The van der Waals surface area contributed by atoms with Gasteiger partial charge >= 0.3 is 0 Å². The van der Waals surface area contributed by atoms with Crippen LogP contribution in [0.1, 0.15) is 108 Å². The molecule has 8 rings (SSSR count). The first-order valence-corrected chi connectivity index (χ1v) is 25.9. The highest BCUT2D eigenvalue weighted by atomic mass is 32.1. The summed E-state index contributed by atoms with van der Waals surface area (Å²) >= 11 is 1.56. The lowest BCUT2D eigenvalue weighted by molar-refractivity contribution is -0.144. The minimum absolute atomic E-state index is 0.0112. The molecule has 13 nitrogen and oxygen atoms in total. The van der Waals surface area contributed by atoms with Crippen molar-refractivity contribution >= 4 is 40.0 Å². The predicted octanol–water partition coefficient (Wildman–Crippen LogP) is 9.27. The molecule has 0 bridgehead atoms. The number of fused-ring (bicyclic) bond motifs is 3. The molecule has 4 N–H and O–H groups in total. The molecule has 5 heterocycles. The Morgan fingerprint density at radius 1 is 1.04 bits per heavy atom. The number of aromatic nitrogens is 3. The maximum absolute atomic E-state index is 16.7. The molecule has 390 valence electrons. The molecule has 0 radical (unpaired) electrons. The number of allylic oxidation sites excluding steroid dienone is 2. The van der Waals surface area contributed by atoms with Crippen molar-refractivity contribution in [2.75, 3.05) is 26.3 Å². The molecule has 3 aromatic heterocycles. The van der Waals surface area contributed by atoms with Crippen molar-refractivity contribution < 1.29 is 42.1 Å². The second-order valence-corrected chi connectivity index (χ2v) is 22.6. The van der Waals surface area contributed by atoms with Crippen LogP contribution < -0.4 is 10.6 Å². The number of aliphatic hydroxyl groups excluding tert-OH is 1. The van der Waals surface area contributed by atoms with Crippen LogP contribution in [0.2, 0.25) is 0 Å². The van der Waals surface area contributed by atoms with E-state index in [0.29, 0.717) is 24.2 Å². The highest BCUT2D eigenvalue weighted by Crippen LogP contribution is 2.55. The number of β-amino-alcohol motifs (C(OH)–C–C–N with tert-alkyl or cyclic N) is 1. The van der Waals surface area contributed by atoms with Crippen molar-refractivity contribution in [1.29, 1.82) is 0 Å². The standard InChI is InChI=1S/C56H68F3N7O6S/c1-32-22-42-41-12-10-11-13-43(41)63-48(42)51(66(32)30-55(7,8)59)56(9)45(57)24-40(25-46(56)58)72-28-38-19-14-35(26-60-38)20-21-71-29-47(68)64-50(54(4,5)6)53(70)65-27-39(67)23-44(65)52(69)62-33(2)36-15-17-37(18-16-36)49-34(3)61-31-73-49/h10-19,24-26,31-33,39,44-45,50-51,63,67H,20-23,27-30H2,1-9H3,(H,62,69)(H,64,68)/t32-,33+,39-,44+,45?,50-,51+,56?/m1/s1. The topological polar surface area (TPSA) is 162 Å². The van der Waals surface area contributed by atoms with Crippen LogP contribution in [0.3, 0.4) is 0 Å². The average molecular weight is 1020 g/mol. The van der Waals surface area contributed by atoms with E-state index in [1.54, 1.807) is 36.0 Å². The zero-order valence-electron chi connectivity index (χ0n) is 43.1. The number of thiazole rings is 1. The number of hydrogen-bond acceptors (Lipinski definition) is 10. The van der Waals surface area contributed by atoms with Gasteiger partial charge in [0.05, 0.1) is 52.0 Å². The molecule has 2 unspecified atom stereocenters. The molecule has 3 amide bonds. The number of ether oxygens (including phenoxy) is 2. The summed E-state index contributed by atoms with van der Waals surface area (Å²) in [5, 5.41) is 17.5. The van der Waals surface area contributed by atoms with Gasteiger partial charge in [-0.15, -0.1) is 11.3 Å². The van der Waals surface area contributed by atoms with Gasteiger partial charge < -0.3 is 35.1 Å². The lowest BCUT2D eigenvalue weighted by atomic mass is 9.69. The zero-order chi connectivity index (χ0) is 52.6. The number of aliphatic hydroxyl groups is 1. The normalized spacial score (nSPS) is 23.4. The molecule has 1 fully saturated rings. The van der Waals surface area contributed by atoms with Crippen LogP contribution in [0.4, 0.5) is 13.2 Å². The highest BCUT2D eigenvalue weighted by molar-refractivity contribution is 7.13. The SMILES string of the molecule is Cc1ncsc1-c1ccc([C@H](C)NC(=O)[C@@H]2C[C@@H](O)CN2C(=O)[C@@H](NC(=O)COCCc2ccc(COC3=CC(F)C(C)([C@@H]4c5[nH]c6ccccc6c5C[C@@H](C)N4CC(C)(C)F)C(F)=C3)nc2)C(C)(C)C)cc1. The third-order valence-electron chi connectivity index (χ3n) is 14.4. The first-order valence-electron chi connectivity index (χ1n) is 25.0. The Morgan fingerprint density at radius 2 is 1.78 bits per heavy atom. The van der Waals surface area contributed by atoms with E-state index in [9.17, 15) is 19.5 Å². The number of carbonyl (C=O) groups is 3. The smallest absolute Gasteiger partial charge is 0.246 e. The number of alkyl halides is 2. The number of carbonyl (C=O) groups excluding carboxylic acids is 3. The van der Waals surface area contributed by atoms with Gasteiger partial charge in [-0.2, -0.15) is 0 Å². The summed E-state index contributed by atoms with van der Waals surface area (Å²) in [5.74, 6) is -2.05. The molecule has 8 atom stereocenters. The maximum Gasteiger partial charge on any atom is 0.246 e. The first-order chi connectivity index (χ1) is 34.5. The fraction of sp³-hybridized carbons (Fsp3) is 0.482. The van der Waals surface area contributed by atoms with E-state index in [-0.39, 0.29) is 57.2 Å². The number of para-hydroxylation sites is 1. The van der Waals surface area contributed by atoms with Crippen LogP contribution in [-0.4, -0.2) is 110 Å². The number of aryl methyl sites for hydroxylation is 1. The van der Waals surface area contributed by atoms with Crippen molar-refractivity contribution in [3.8, 4) is 10.4 Å². The number of rotatable bonds is 17. The molecule has 73 heavy (non-hydrogen) atoms. The molecule has 0 spiro atoms. The van der Waals surface area contributed by atoms with Crippen LogP contribution in [-0.2, 0) is 43.3 Å². The Labute approximate surface area is 429 Å². The minimum Gasteiger partial charge on any atom is -0.487 e. The summed E-state index contributed by atoms with van der Waals surface area (Å²) < 4.78 is 60.3. The molecule has 5 aromatic rings. The Bertz CT molecular complexity index is 2850. The summed E-state index contributed by atoms with van der Waals surface area (Å²) in [4.78, 5) is 57.7. The summed E-state index contributed by atoms with van der Waals surface area (Å²) in [6, 6.07) is 15.9. The van der Waals surface area contributed by atoms with Gasteiger partial charge in [-0.1, -0.05) is 69.3 Å². The maximum atomic E-state index is 16.7. The van der Waals surface area contributed by atoms with Gasteiger partial charge in [0.1, 0.15) is 48.7 Å². The fourth-order valence-electron chi connectivity index (χ4n) is 10.4. The Balaban J connectivity index is 0.820. The Kier molecular flexibility index (Phi) is 15.8. The predicted molar refractivity (Wildman–Crippen MR) is 276 cm³/mol. The molecule has 2 aromatic carbocycles. The summed E-state index contributed by atoms with van der Waals surface area (Å²) in [6.45, 7) is 15.5. The molecule has 1 saturated heterocycles. The number of likely N-dealkylation sites (tertiary alicyclic amines) is 1. The van der Waals surface area contributed by atoms with E-state index in [4.69, 9.17) is 9.47 Å². The van der Waals surface area contributed by atoms with E-state index < -0.39 is 70.4 Å². The van der Waals surface area contributed by atoms with Crippen LogP contribution >= 0.6 is 11.3 Å². The third kappa shape index (κ3) is 11.7. The van der Waals surface area contributed by atoms with Crippen molar-refractivity contribution in [1.82, 2.24) is 35.4 Å². The van der Waals surface area contributed by atoms with Crippen LogP contribution in [0.25, 0.3) is 21.3 Å². The average Bonchev–Trinajstić information content (AvgIpc) is 4.06. The molecule has 1 aliphatic carbocycles. The molecular weight excluding hydrogens is 956 g/mol. The van der Waals surface area contributed by atoms with Gasteiger partial charge in [0.2, 0.25) is 17.7 Å². The number of nitrogens with zero attached hydrogens (tertiary/aromatic N) is 4. The number of amides is 3. The van der Waals surface area contributed by atoms with E-state index >= 15 is 13.2 Å². The summed E-state index contributed by atoms with van der Waals surface area (Å²) in [5.41, 5.74) is 4.50. The highest BCUT2D eigenvalue weighted by Gasteiger charge is 2.55. The van der Waals surface area contributed by atoms with Gasteiger partial charge in [0.15, 0.2) is 0 Å². The lowest BCUT2D eigenvalue weighted by Crippen LogP contribution is -2.58. The van der Waals surface area contributed by atoms with Gasteiger partial charge in [-0.05, 0) is 100 Å². The number of aromatic amines is 1. The molecule has 2 aliphatic heterocycles. The number of hydrogen-bond donors (Lipinski definition) is 4. The summed E-state index contributed by atoms with van der Waals surface area (Å²) in [7, 11) is 0. The van der Waals surface area contributed by atoms with Crippen molar-refractivity contribution in [2.24, 2.45) is 10.8 Å². The van der Waals surface area contributed by atoms with Gasteiger partial charge in [-0.3, -0.25) is 24.3 Å². The first kappa shape index (κ1) is 53.4. The van der Waals surface area contributed by atoms with E-state index in [1.807, 2.05) is 101 Å². The number of H-pyrrole nitrogens is 1. The Morgan fingerprint density at radius 3 is 2.44 bits per heavy atom. The molecular formula is C56H68F3N7O6S. The van der Waals surface area contributed by atoms with Gasteiger partial charge in [0, 0.05) is 54.4 Å². The van der Waals surface area contributed by atoms with Crippen molar-refractivity contribution in [3.63, 3.8) is 0 Å². The van der Waals surface area contributed by atoms with Crippen molar-refractivity contribution in [3.05, 3.63) is 130 Å². The number of halogens is 3. The summed E-state index contributed by atoms with van der Waals surface area (Å²) in [6.07, 6.45) is 2.51. The third-order valence-corrected chi connectivity index (χ3v) is 15.4. The van der Waals surface area contributed by atoms with Crippen LogP contribution in [0, 0.1) is 17.8 Å². The largest absolute Gasteiger partial charge is 0.487 e. The lowest BCUT2D eigenvalue weighted by Gasteiger charge is -2.51. The Hall–Kier alpha value is -5.88. The van der Waals surface area contributed by atoms with Crippen LogP contribution in [0.5, 0.6) is 0 Å². The van der Waals surface area contributed by atoms with Crippen molar-refractivity contribution in [2.45, 2.75) is 136 Å². The second kappa shape index (κ2) is 21.5. The molecule has 0 saturated carbocycles. The van der Waals surface area contributed by atoms with E-state index in [0.717, 1.165) is 43.7 Å². The van der Waals surface area contributed by atoms with Gasteiger partial charge in [-0.25, -0.2) is 18.2 Å². The fourth-order valence-corrected chi connectivity index (χ4v) is 11.2. The van der Waals surface area contributed by atoms with Crippen LogP contribution in [0.15, 0.2) is 96.1 Å². The monoisotopic (exact) mass is 1020 g/mol. The quantitative estimate of drug-likeness (QED) is 0.0666. The number of nitrogens with one attached hydrogen (secondary N) is 3. The number of pyridine rings is 1. The number of benzene rings is 2. The van der Waals surface area contributed by atoms with Gasteiger partial charge in [0.25, 0.3) is 0 Å². The minimum atomic E-state index is -1.81. The zero-order valence-corrected chi connectivity index (χ0v) is 43.9. The second-order valence-electron chi connectivity index (χ2n) is 21.8. The molecule has 17 heteroatoms. The van der Waals surface area contributed by atoms with E-state index in [1.165, 1.54) is 30.9 Å².